The summed E-state index contributed by atoms with van der Waals surface area (Å²) in [5.74, 6) is -0.225. The molecule has 1 saturated heterocycles. The highest BCUT2D eigenvalue weighted by atomic mass is 19.4. The molecular formula is C19H21F4N5. The van der Waals surface area contributed by atoms with Gasteiger partial charge in [0.05, 0.1) is 23.0 Å². The highest BCUT2D eigenvalue weighted by Crippen LogP contribution is 2.41. The molecule has 0 bridgehead atoms. The largest absolute Gasteiger partial charge is 0.419 e. The van der Waals surface area contributed by atoms with Gasteiger partial charge in [0, 0.05) is 38.4 Å². The van der Waals surface area contributed by atoms with Gasteiger partial charge in [0.15, 0.2) is 11.7 Å². The second-order valence-corrected chi connectivity index (χ2v) is 7.34. The number of hydrogen-bond donors (Lipinski definition) is 0. The maximum Gasteiger partial charge on any atom is 0.419 e. The van der Waals surface area contributed by atoms with Crippen LogP contribution in [0.25, 0.3) is 0 Å². The van der Waals surface area contributed by atoms with Crippen molar-refractivity contribution in [3.63, 3.8) is 0 Å². The molecule has 3 heterocycles. The first-order valence-electron chi connectivity index (χ1n) is 9.21. The average Bonchev–Trinajstić information content (AvgIpc) is 2.81. The summed E-state index contributed by atoms with van der Waals surface area (Å²) in [7, 11) is 2.03. The number of rotatable bonds is 0. The fraction of sp³-hybridized carbons (Fsp3) is 0.474. The minimum Gasteiger partial charge on any atom is -0.351 e. The molecule has 0 aliphatic carbocycles. The number of nitrogens with zero attached hydrogens (tertiary/aromatic N) is 5. The molecule has 4 rings (SSSR count). The number of likely N-dealkylation sites (N-methyl/N-ethyl adjacent to an activating group) is 1. The van der Waals surface area contributed by atoms with E-state index in [1.807, 2.05) is 20.0 Å². The lowest BCUT2D eigenvalue weighted by atomic mass is 10.1. The van der Waals surface area contributed by atoms with E-state index in [-0.39, 0.29) is 17.4 Å². The van der Waals surface area contributed by atoms with Gasteiger partial charge in [0.25, 0.3) is 0 Å². The molecule has 5 nitrogen and oxygen atoms in total. The van der Waals surface area contributed by atoms with Gasteiger partial charge in [-0.3, -0.25) is 9.89 Å². The molecule has 1 aromatic carbocycles. The Labute approximate surface area is 160 Å². The van der Waals surface area contributed by atoms with Gasteiger partial charge in [-0.15, -0.1) is 0 Å². The summed E-state index contributed by atoms with van der Waals surface area (Å²) in [6.07, 6.45) is -0.530. The Morgan fingerprint density at radius 1 is 1.07 bits per heavy atom. The highest BCUT2D eigenvalue weighted by Gasteiger charge is 2.38. The number of anilines is 1. The normalized spacial score (nSPS) is 23.0. The molecule has 28 heavy (non-hydrogen) atoms. The Balaban J connectivity index is 1.86. The first-order chi connectivity index (χ1) is 13.2. The van der Waals surface area contributed by atoms with Gasteiger partial charge in [-0.05, 0) is 26.5 Å². The van der Waals surface area contributed by atoms with E-state index in [0.717, 1.165) is 38.3 Å². The van der Waals surface area contributed by atoms with E-state index in [1.54, 1.807) is 11.1 Å². The monoisotopic (exact) mass is 395 g/mol. The van der Waals surface area contributed by atoms with Gasteiger partial charge >= 0.3 is 6.18 Å². The summed E-state index contributed by atoms with van der Waals surface area (Å²) in [6, 6.07) is 1.66. The van der Waals surface area contributed by atoms with Crippen LogP contribution in [0.1, 0.15) is 18.9 Å². The van der Waals surface area contributed by atoms with Crippen molar-refractivity contribution in [2.24, 2.45) is 9.98 Å². The molecular weight excluding hydrogens is 374 g/mol. The third-order valence-corrected chi connectivity index (χ3v) is 5.16. The Morgan fingerprint density at radius 2 is 1.79 bits per heavy atom. The molecule has 1 fully saturated rings. The molecule has 0 spiro atoms. The van der Waals surface area contributed by atoms with Gasteiger partial charge in [-0.1, -0.05) is 6.08 Å². The fourth-order valence-electron chi connectivity index (χ4n) is 3.56. The molecule has 9 heteroatoms. The predicted octanol–water partition coefficient (Wildman–Crippen LogP) is 3.65. The number of aliphatic imine (C=N–C) groups is 2. The molecule has 0 N–H and O–H groups in total. The van der Waals surface area contributed by atoms with Crippen LogP contribution in [-0.2, 0) is 6.18 Å². The minimum atomic E-state index is -4.78. The van der Waals surface area contributed by atoms with Crippen LogP contribution in [0.3, 0.4) is 0 Å². The quantitative estimate of drug-likeness (QED) is 0.629. The summed E-state index contributed by atoms with van der Waals surface area (Å²) in [5.41, 5.74) is -0.928. The SMILES string of the molecule is CC1CC=CN2C(=N1)C(N1CCN(C)CC1)=Nc1cc(F)c(C(F)(F)F)cc12. The van der Waals surface area contributed by atoms with Gasteiger partial charge in [0.1, 0.15) is 5.82 Å². The van der Waals surface area contributed by atoms with E-state index in [9.17, 15) is 17.6 Å². The van der Waals surface area contributed by atoms with E-state index >= 15 is 0 Å². The maximum atomic E-state index is 14.2. The van der Waals surface area contributed by atoms with E-state index in [1.165, 1.54) is 0 Å². The molecule has 0 aromatic heterocycles. The molecule has 150 valence electrons. The lowest BCUT2D eigenvalue weighted by molar-refractivity contribution is -0.139. The van der Waals surface area contributed by atoms with Crippen LogP contribution in [0.5, 0.6) is 0 Å². The zero-order valence-electron chi connectivity index (χ0n) is 15.7. The Kier molecular flexibility index (Phi) is 4.65. The minimum absolute atomic E-state index is 0.0296. The zero-order valence-corrected chi connectivity index (χ0v) is 15.7. The number of benzene rings is 1. The summed E-state index contributed by atoms with van der Waals surface area (Å²) in [4.78, 5) is 15.1. The lowest BCUT2D eigenvalue weighted by Crippen LogP contribution is -2.52. The van der Waals surface area contributed by atoms with Crippen LogP contribution in [0.2, 0.25) is 0 Å². The van der Waals surface area contributed by atoms with Crippen molar-refractivity contribution < 1.29 is 17.6 Å². The molecule has 1 atom stereocenters. The van der Waals surface area contributed by atoms with Crippen LogP contribution in [-0.4, -0.2) is 60.7 Å². The summed E-state index contributed by atoms with van der Waals surface area (Å²) in [6.45, 7) is 5.07. The second kappa shape index (κ2) is 6.88. The first-order valence-corrected chi connectivity index (χ1v) is 9.21. The number of alkyl halides is 3. The average molecular weight is 395 g/mol. The van der Waals surface area contributed by atoms with Crippen molar-refractivity contribution >= 4 is 23.0 Å². The Hall–Kier alpha value is -2.42. The summed E-state index contributed by atoms with van der Waals surface area (Å²) < 4.78 is 53.9. The van der Waals surface area contributed by atoms with E-state index in [4.69, 9.17) is 4.99 Å². The number of halogens is 4. The number of piperazine rings is 1. The lowest BCUT2D eigenvalue weighted by Gasteiger charge is -2.38. The first kappa shape index (κ1) is 18.9. The number of amidine groups is 2. The van der Waals surface area contributed by atoms with E-state index in [0.29, 0.717) is 18.1 Å². The number of fused-ring (bicyclic) bond motifs is 3. The highest BCUT2D eigenvalue weighted by molar-refractivity contribution is 6.47. The van der Waals surface area contributed by atoms with Gasteiger partial charge in [-0.2, -0.15) is 13.2 Å². The molecule has 3 aliphatic heterocycles. The van der Waals surface area contributed by atoms with Crippen molar-refractivity contribution in [2.45, 2.75) is 25.6 Å². The predicted molar refractivity (Wildman–Crippen MR) is 101 cm³/mol. The molecule has 1 unspecified atom stereocenters. The summed E-state index contributed by atoms with van der Waals surface area (Å²) in [5, 5.41) is 0. The Morgan fingerprint density at radius 3 is 2.46 bits per heavy atom. The van der Waals surface area contributed by atoms with Gasteiger partial charge in [0.2, 0.25) is 0 Å². The van der Waals surface area contributed by atoms with Crippen LogP contribution in [0.15, 0.2) is 34.4 Å². The van der Waals surface area contributed by atoms with Crippen molar-refractivity contribution in [3.8, 4) is 0 Å². The fourth-order valence-corrected chi connectivity index (χ4v) is 3.56. The second-order valence-electron chi connectivity index (χ2n) is 7.34. The molecule has 3 aliphatic rings. The number of hydrogen-bond acceptors (Lipinski definition) is 5. The van der Waals surface area contributed by atoms with E-state index in [2.05, 4.69) is 14.8 Å². The third kappa shape index (κ3) is 3.39. The van der Waals surface area contributed by atoms with Crippen LogP contribution < -0.4 is 4.90 Å². The van der Waals surface area contributed by atoms with Crippen molar-refractivity contribution in [1.82, 2.24) is 9.80 Å². The maximum absolute atomic E-state index is 14.2. The smallest absolute Gasteiger partial charge is 0.351 e. The zero-order chi connectivity index (χ0) is 20.1. The van der Waals surface area contributed by atoms with Crippen LogP contribution in [0, 0.1) is 5.82 Å². The van der Waals surface area contributed by atoms with Crippen molar-refractivity contribution in [3.05, 3.63) is 35.8 Å². The van der Waals surface area contributed by atoms with Gasteiger partial charge < -0.3 is 9.80 Å². The van der Waals surface area contributed by atoms with Gasteiger partial charge in [-0.25, -0.2) is 9.38 Å². The molecule has 1 aromatic rings. The molecule has 0 saturated carbocycles. The van der Waals surface area contributed by atoms with Crippen LogP contribution in [0.4, 0.5) is 28.9 Å². The van der Waals surface area contributed by atoms with Crippen LogP contribution >= 0.6 is 0 Å². The van der Waals surface area contributed by atoms with E-state index < -0.39 is 17.6 Å². The van der Waals surface area contributed by atoms with Crippen molar-refractivity contribution in [2.75, 3.05) is 38.1 Å². The standard InChI is InChI=1S/C19H21F4N5/c1-12-4-3-5-28-16-10-13(19(21,22)23)14(20)11-15(16)25-17(18(28)24-12)27-8-6-26(2)7-9-27/h3,5,10-12H,4,6-9H2,1-2H3. The molecule has 0 radical (unpaired) electrons. The third-order valence-electron chi connectivity index (χ3n) is 5.16. The Bertz CT molecular complexity index is 866. The van der Waals surface area contributed by atoms with Crippen molar-refractivity contribution in [1.29, 1.82) is 0 Å². The molecule has 0 amide bonds. The topological polar surface area (TPSA) is 34.4 Å². The summed E-state index contributed by atoms with van der Waals surface area (Å²) >= 11 is 0.